The Balaban J connectivity index is 1.85. The maximum absolute atomic E-state index is 12.6. The van der Waals surface area contributed by atoms with Gasteiger partial charge in [0.25, 0.3) is 0 Å². The summed E-state index contributed by atoms with van der Waals surface area (Å²) in [5.41, 5.74) is 1.21. The molecule has 0 unspecified atom stereocenters. The highest BCUT2D eigenvalue weighted by Gasteiger charge is 2.30. The zero-order chi connectivity index (χ0) is 15.7. The largest absolute Gasteiger partial charge is 0.468 e. The van der Waals surface area contributed by atoms with E-state index in [9.17, 15) is 9.90 Å². The Labute approximate surface area is 131 Å². The molecule has 2 N–H and O–H groups in total. The average molecular weight is 301 g/mol. The molecule has 4 nitrogen and oxygen atoms in total. The van der Waals surface area contributed by atoms with Crippen molar-refractivity contribution in [3.63, 3.8) is 0 Å². The molecule has 0 bridgehead atoms. The van der Waals surface area contributed by atoms with Crippen LogP contribution in [0.15, 0.2) is 30.3 Å². The third-order valence-corrected chi connectivity index (χ3v) is 4.36. The summed E-state index contributed by atoms with van der Waals surface area (Å²) in [6, 6.07) is 7.76. The summed E-state index contributed by atoms with van der Waals surface area (Å²) in [7, 11) is 0. The van der Waals surface area contributed by atoms with Crippen molar-refractivity contribution in [3.05, 3.63) is 35.9 Å². The lowest BCUT2D eigenvalue weighted by Crippen LogP contribution is -2.46. The molecular formula is C18H23NO3. The van der Waals surface area contributed by atoms with Crippen molar-refractivity contribution >= 4 is 11.5 Å². The van der Waals surface area contributed by atoms with E-state index in [1.54, 1.807) is 6.08 Å². The maximum Gasteiger partial charge on any atom is 0.175 e. The van der Waals surface area contributed by atoms with Crippen LogP contribution < -0.4 is 10.1 Å². The summed E-state index contributed by atoms with van der Waals surface area (Å²) in [5.74, 6) is 0.960. The Bertz CT molecular complexity index is 598. The van der Waals surface area contributed by atoms with Crippen LogP contribution in [0, 0.1) is 5.92 Å². The zero-order valence-corrected chi connectivity index (χ0v) is 13.1. The van der Waals surface area contributed by atoms with Crippen molar-refractivity contribution in [2.24, 2.45) is 5.92 Å². The number of ketones is 1. The first-order valence-corrected chi connectivity index (χ1v) is 7.95. The maximum atomic E-state index is 12.6. The van der Waals surface area contributed by atoms with Gasteiger partial charge < -0.3 is 15.2 Å². The van der Waals surface area contributed by atoms with E-state index in [-0.39, 0.29) is 17.8 Å². The van der Waals surface area contributed by atoms with Gasteiger partial charge in [-0.3, -0.25) is 4.79 Å². The molecule has 0 spiro atoms. The molecule has 0 aromatic heterocycles. The van der Waals surface area contributed by atoms with Crippen LogP contribution in [0.5, 0.6) is 5.75 Å². The third kappa shape index (κ3) is 3.17. The van der Waals surface area contributed by atoms with Gasteiger partial charge in [0.1, 0.15) is 5.75 Å². The molecule has 1 aromatic rings. The molecule has 1 aromatic carbocycles. The number of fused-ring (bicyclic) bond motifs is 1. The number of rotatable bonds is 2. The van der Waals surface area contributed by atoms with E-state index in [1.807, 2.05) is 38.1 Å². The van der Waals surface area contributed by atoms with Gasteiger partial charge in [0.15, 0.2) is 11.5 Å². The Morgan fingerprint density at radius 2 is 1.95 bits per heavy atom. The summed E-state index contributed by atoms with van der Waals surface area (Å²) < 4.78 is 5.89. The monoisotopic (exact) mass is 301 g/mol. The molecule has 22 heavy (non-hydrogen) atoms. The van der Waals surface area contributed by atoms with Crippen LogP contribution in [-0.4, -0.2) is 22.7 Å². The van der Waals surface area contributed by atoms with E-state index in [0.29, 0.717) is 0 Å². The number of ether oxygens (including phenoxy) is 1. The second-order valence-corrected chi connectivity index (χ2v) is 6.70. The number of carbonyl (C=O) groups excluding carboxylic acids is 1. The molecule has 0 radical (unpaired) electrons. The van der Waals surface area contributed by atoms with Crippen molar-refractivity contribution in [1.29, 1.82) is 0 Å². The number of nitrogens with one attached hydrogen (secondary N) is 1. The van der Waals surface area contributed by atoms with Crippen molar-refractivity contribution < 1.29 is 14.6 Å². The Kier molecular flexibility index (Phi) is 3.96. The number of para-hydroxylation sites is 1. The molecule has 0 saturated heterocycles. The first kappa shape index (κ1) is 15.1. The number of benzene rings is 1. The van der Waals surface area contributed by atoms with Gasteiger partial charge in [-0.15, -0.1) is 0 Å². The molecule has 1 saturated carbocycles. The summed E-state index contributed by atoms with van der Waals surface area (Å²) in [5, 5.41) is 12.9. The summed E-state index contributed by atoms with van der Waals surface area (Å²) >= 11 is 0. The van der Waals surface area contributed by atoms with E-state index in [0.717, 1.165) is 42.7 Å². The van der Waals surface area contributed by atoms with Gasteiger partial charge >= 0.3 is 0 Å². The molecule has 1 heterocycles. The van der Waals surface area contributed by atoms with E-state index >= 15 is 0 Å². The first-order valence-electron chi connectivity index (χ1n) is 7.95. The van der Waals surface area contributed by atoms with Crippen LogP contribution in [0.2, 0.25) is 0 Å². The number of hydrogen-bond acceptors (Lipinski definition) is 4. The smallest absolute Gasteiger partial charge is 0.175 e. The second-order valence-electron chi connectivity index (χ2n) is 6.70. The second kappa shape index (κ2) is 5.76. The Morgan fingerprint density at radius 1 is 1.27 bits per heavy atom. The molecule has 4 heteroatoms. The lowest BCUT2D eigenvalue weighted by Gasteiger charge is -2.36. The van der Waals surface area contributed by atoms with Crippen LogP contribution in [0.1, 0.15) is 45.1 Å². The number of aliphatic hydroxyl groups is 1. The fourth-order valence-corrected chi connectivity index (χ4v) is 3.20. The quantitative estimate of drug-likeness (QED) is 0.825. The highest BCUT2D eigenvalue weighted by atomic mass is 16.5. The molecule has 2 aliphatic rings. The van der Waals surface area contributed by atoms with Crippen LogP contribution >= 0.6 is 0 Å². The van der Waals surface area contributed by atoms with Crippen LogP contribution in [-0.2, 0) is 4.79 Å². The first-order chi connectivity index (χ1) is 10.4. The van der Waals surface area contributed by atoms with Gasteiger partial charge in [-0.1, -0.05) is 12.1 Å². The van der Waals surface area contributed by atoms with Gasteiger partial charge in [0, 0.05) is 17.6 Å². The van der Waals surface area contributed by atoms with E-state index in [2.05, 4.69) is 5.32 Å². The molecule has 1 fully saturated rings. The van der Waals surface area contributed by atoms with Crippen molar-refractivity contribution in [2.75, 3.05) is 0 Å². The van der Waals surface area contributed by atoms with Gasteiger partial charge in [-0.05, 0) is 51.7 Å². The number of hydrogen-bond donors (Lipinski definition) is 2. The van der Waals surface area contributed by atoms with Gasteiger partial charge in [0.2, 0.25) is 0 Å². The molecule has 1 aliphatic carbocycles. The fraction of sp³-hybridized carbons (Fsp3) is 0.500. The van der Waals surface area contributed by atoms with Crippen LogP contribution in [0.4, 0.5) is 0 Å². The predicted octanol–water partition coefficient (Wildman–Crippen LogP) is 2.87. The minimum Gasteiger partial charge on any atom is -0.468 e. The Hall–Kier alpha value is -1.81. The number of aliphatic hydroxyl groups excluding tert-OH is 1. The van der Waals surface area contributed by atoms with E-state index in [1.165, 1.54) is 0 Å². The molecular weight excluding hydrogens is 278 g/mol. The highest BCUT2D eigenvalue weighted by molar-refractivity contribution is 5.98. The zero-order valence-electron chi connectivity index (χ0n) is 13.1. The van der Waals surface area contributed by atoms with Gasteiger partial charge in [-0.25, -0.2) is 0 Å². The predicted molar refractivity (Wildman–Crippen MR) is 85.2 cm³/mol. The normalized spacial score (nSPS) is 28.4. The molecule has 0 atom stereocenters. The lowest BCUT2D eigenvalue weighted by molar-refractivity contribution is -0.119. The minimum atomic E-state index is -0.538. The van der Waals surface area contributed by atoms with E-state index < -0.39 is 5.72 Å². The minimum absolute atomic E-state index is 0.0239. The summed E-state index contributed by atoms with van der Waals surface area (Å²) in [4.78, 5) is 12.6. The molecule has 118 valence electrons. The SMILES string of the molecule is CC1(C)N/C(=C/C(=O)C2CCC(O)CC2)c2ccccc2O1. The van der Waals surface area contributed by atoms with Gasteiger partial charge in [-0.2, -0.15) is 0 Å². The number of carbonyl (C=O) groups is 1. The number of allylic oxidation sites excluding steroid dienone is 1. The lowest BCUT2D eigenvalue weighted by atomic mass is 9.84. The Morgan fingerprint density at radius 3 is 2.68 bits per heavy atom. The van der Waals surface area contributed by atoms with Crippen molar-refractivity contribution in [2.45, 2.75) is 51.4 Å². The summed E-state index contributed by atoms with van der Waals surface area (Å²) in [6.07, 6.45) is 4.45. The summed E-state index contributed by atoms with van der Waals surface area (Å²) in [6.45, 7) is 3.89. The highest BCUT2D eigenvalue weighted by Crippen LogP contribution is 2.34. The van der Waals surface area contributed by atoms with E-state index in [4.69, 9.17) is 4.74 Å². The van der Waals surface area contributed by atoms with Crippen molar-refractivity contribution in [3.8, 4) is 5.75 Å². The molecule has 0 amide bonds. The third-order valence-electron chi connectivity index (χ3n) is 4.36. The van der Waals surface area contributed by atoms with Gasteiger partial charge in [0.05, 0.1) is 11.8 Å². The standard InChI is InChI=1S/C18H23NO3/c1-18(2)19-15(14-5-3-4-6-17(14)22-18)11-16(21)12-7-9-13(20)10-8-12/h3-6,11-13,19-20H,7-10H2,1-2H3/b15-11+. The van der Waals surface area contributed by atoms with Crippen LogP contribution in [0.3, 0.4) is 0 Å². The van der Waals surface area contributed by atoms with Crippen molar-refractivity contribution in [1.82, 2.24) is 5.32 Å². The van der Waals surface area contributed by atoms with Crippen LogP contribution in [0.25, 0.3) is 5.70 Å². The molecule has 1 aliphatic heterocycles. The topological polar surface area (TPSA) is 58.6 Å². The fourth-order valence-electron chi connectivity index (χ4n) is 3.20. The average Bonchev–Trinajstić information content (AvgIpc) is 2.46. The molecule has 3 rings (SSSR count).